The fourth-order valence-electron chi connectivity index (χ4n) is 1.66. The maximum Gasteiger partial charge on any atom is 0.241 e. The van der Waals surface area contributed by atoms with Crippen LogP contribution in [-0.4, -0.2) is 47.5 Å². The first-order chi connectivity index (χ1) is 7.61. The molecule has 0 radical (unpaired) electrons. The number of nitrogens with one attached hydrogen (secondary N) is 1. The highest BCUT2D eigenvalue weighted by atomic mass is 32.2. The minimum Gasteiger partial charge on any atom is -0.392 e. The summed E-state index contributed by atoms with van der Waals surface area (Å²) in [6.45, 7) is 5.08. The zero-order valence-corrected chi connectivity index (χ0v) is 11.7. The van der Waals surface area contributed by atoms with E-state index >= 15 is 0 Å². The van der Waals surface area contributed by atoms with Gasteiger partial charge < -0.3 is 11.1 Å². The summed E-state index contributed by atoms with van der Waals surface area (Å²) in [6, 6.07) is 0. The zero-order valence-electron chi connectivity index (χ0n) is 10.1. The van der Waals surface area contributed by atoms with Gasteiger partial charge in [-0.2, -0.15) is 4.31 Å². The highest BCUT2D eigenvalue weighted by Gasteiger charge is 2.46. The van der Waals surface area contributed by atoms with Crippen LogP contribution < -0.4 is 11.1 Å². The first-order valence-electron chi connectivity index (χ1n) is 5.21. The summed E-state index contributed by atoms with van der Waals surface area (Å²) in [5, 5.41) is 1.66. The van der Waals surface area contributed by atoms with Crippen molar-refractivity contribution in [2.24, 2.45) is 5.73 Å². The SMILES string of the molecule is CC(C(N)=S)S(=O)(=O)N1CCNC(=O)C1(C)C. The molecule has 1 rings (SSSR count). The van der Waals surface area contributed by atoms with Gasteiger partial charge in [-0.1, -0.05) is 12.2 Å². The topological polar surface area (TPSA) is 92.5 Å². The van der Waals surface area contributed by atoms with Crippen LogP contribution in [0.3, 0.4) is 0 Å². The van der Waals surface area contributed by atoms with Crippen molar-refractivity contribution in [3.8, 4) is 0 Å². The normalized spacial score (nSPS) is 22.9. The highest BCUT2D eigenvalue weighted by Crippen LogP contribution is 2.24. The maximum atomic E-state index is 12.3. The lowest BCUT2D eigenvalue weighted by Gasteiger charge is -2.41. The van der Waals surface area contributed by atoms with E-state index in [9.17, 15) is 13.2 Å². The molecule has 1 heterocycles. The molecule has 6 nitrogen and oxygen atoms in total. The van der Waals surface area contributed by atoms with Gasteiger partial charge >= 0.3 is 0 Å². The van der Waals surface area contributed by atoms with Crippen molar-refractivity contribution in [2.75, 3.05) is 13.1 Å². The fourth-order valence-corrected chi connectivity index (χ4v) is 3.77. The Balaban J connectivity index is 3.15. The second-order valence-corrected chi connectivity index (χ2v) is 7.13. The Labute approximate surface area is 107 Å². The molecule has 0 aromatic rings. The van der Waals surface area contributed by atoms with Crippen LogP contribution >= 0.6 is 12.2 Å². The molecule has 1 amide bonds. The van der Waals surface area contributed by atoms with E-state index in [0.717, 1.165) is 0 Å². The van der Waals surface area contributed by atoms with Crippen LogP contribution in [0, 0.1) is 0 Å². The van der Waals surface area contributed by atoms with Gasteiger partial charge in [0.25, 0.3) is 0 Å². The molecule has 1 aliphatic rings. The van der Waals surface area contributed by atoms with Crippen LogP contribution in [0.2, 0.25) is 0 Å². The lowest BCUT2D eigenvalue weighted by atomic mass is 10.0. The van der Waals surface area contributed by atoms with E-state index in [1.807, 2.05) is 0 Å². The number of amides is 1. The number of carbonyl (C=O) groups excluding carboxylic acids is 1. The molecular weight excluding hydrogens is 262 g/mol. The third-order valence-corrected chi connectivity index (χ3v) is 5.84. The van der Waals surface area contributed by atoms with Crippen molar-refractivity contribution >= 4 is 33.1 Å². The molecule has 0 spiro atoms. The van der Waals surface area contributed by atoms with Gasteiger partial charge in [-0.3, -0.25) is 4.79 Å². The maximum absolute atomic E-state index is 12.3. The number of piperazine rings is 1. The summed E-state index contributed by atoms with van der Waals surface area (Å²) in [7, 11) is -3.70. The Kier molecular flexibility index (Phi) is 3.80. The van der Waals surface area contributed by atoms with E-state index in [4.69, 9.17) is 18.0 Å². The van der Waals surface area contributed by atoms with Crippen molar-refractivity contribution in [1.82, 2.24) is 9.62 Å². The second kappa shape index (κ2) is 4.51. The molecule has 0 aromatic heterocycles. The Morgan fingerprint density at radius 1 is 1.59 bits per heavy atom. The Morgan fingerprint density at radius 3 is 2.59 bits per heavy atom. The van der Waals surface area contributed by atoms with E-state index in [1.54, 1.807) is 13.8 Å². The summed E-state index contributed by atoms with van der Waals surface area (Å²) < 4.78 is 25.7. The number of hydrogen-bond donors (Lipinski definition) is 2. The monoisotopic (exact) mass is 279 g/mol. The molecule has 17 heavy (non-hydrogen) atoms. The molecule has 1 aliphatic heterocycles. The van der Waals surface area contributed by atoms with Gasteiger partial charge in [0.2, 0.25) is 15.9 Å². The molecule has 0 bridgehead atoms. The molecule has 1 atom stereocenters. The predicted octanol–water partition coefficient (Wildman–Crippen LogP) is -0.799. The third-order valence-electron chi connectivity index (χ3n) is 2.93. The summed E-state index contributed by atoms with van der Waals surface area (Å²) in [5.74, 6) is -0.317. The van der Waals surface area contributed by atoms with E-state index in [0.29, 0.717) is 6.54 Å². The van der Waals surface area contributed by atoms with Crippen LogP contribution in [-0.2, 0) is 14.8 Å². The van der Waals surface area contributed by atoms with E-state index in [2.05, 4.69) is 5.32 Å². The quantitative estimate of drug-likeness (QED) is 0.660. The molecule has 1 saturated heterocycles. The van der Waals surface area contributed by atoms with Gasteiger partial charge in [-0.25, -0.2) is 8.42 Å². The van der Waals surface area contributed by atoms with Gasteiger partial charge in [0.15, 0.2) is 0 Å². The van der Waals surface area contributed by atoms with Crippen LogP contribution in [0.1, 0.15) is 20.8 Å². The fraction of sp³-hybridized carbons (Fsp3) is 0.778. The van der Waals surface area contributed by atoms with Crippen LogP contribution in [0.25, 0.3) is 0 Å². The largest absolute Gasteiger partial charge is 0.392 e. The Morgan fingerprint density at radius 2 is 2.12 bits per heavy atom. The number of carbonyl (C=O) groups is 1. The number of nitrogens with two attached hydrogens (primary N) is 1. The number of thiocarbonyl (C=S) groups is 1. The van der Waals surface area contributed by atoms with Crippen molar-refractivity contribution in [3.63, 3.8) is 0 Å². The number of sulfonamides is 1. The average molecular weight is 279 g/mol. The molecule has 0 saturated carbocycles. The minimum absolute atomic E-state index is 0.0909. The first kappa shape index (κ1) is 14.3. The molecule has 0 aromatic carbocycles. The molecule has 3 N–H and O–H groups in total. The third kappa shape index (κ3) is 2.43. The Hall–Kier alpha value is -0.730. The predicted molar refractivity (Wildman–Crippen MR) is 69.0 cm³/mol. The van der Waals surface area contributed by atoms with Crippen molar-refractivity contribution in [2.45, 2.75) is 31.6 Å². The summed E-state index contributed by atoms with van der Waals surface area (Å²) >= 11 is 4.71. The van der Waals surface area contributed by atoms with Crippen LogP contribution in [0.15, 0.2) is 0 Å². The van der Waals surface area contributed by atoms with E-state index in [1.165, 1.54) is 11.2 Å². The first-order valence-corrected chi connectivity index (χ1v) is 7.12. The van der Waals surface area contributed by atoms with Gasteiger partial charge in [-0.15, -0.1) is 0 Å². The van der Waals surface area contributed by atoms with Crippen LogP contribution in [0.4, 0.5) is 0 Å². The van der Waals surface area contributed by atoms with Crippen molar-refractivity contribution in [1.29, 1.82) is 0 Å². The standard InChI is InChI=1S/C9H17N3O3S2/c1-6(7(10)16)17(14,15)12-5-4-11-8(13)9(12,2)3/h6H,4-5H2,1-3H3,(H2,10,16)(H,11,13). The van der Waals surface area contributed by atoms with Gasteiger partial charge in [-0.05, 0) is 20.8 Å². The van der Waals surface area contributed by atoms with E-state index < -0.39 is 20.8 Å². The Bertz CT molecular complexity index is 444. The molecule has 1 fully saturated rings. The average Bonchev–Trinajstić information content (AvgIpc) is 2.20. The van der Waals surface area contributed by atoms with Gasteiger partial charge in [0.1, 0.15) is 10.8 Å². The van der Waals surface area contributed by atoms with Gasteiger partial charge in [0.05, 0.1) is 4.99 Å². The lowest BCUT2D eigenvalue weighted by molar-refractivity contribution is -0.131. The number of hydrogen-bond acceptors (Lipinski definition) is 4. The lowest BCUT2D eigenvalue weighted by Crippen LogP contribution is -2.65. The zero-order chi connectivity index (χ0) is 13.4. The smallest absolute Gasteiger partial charge is 0.241 e. The molecule has 98 valence electrons. The summed E-state index contributed by atoms with van der Waals surface area (Å²) in [5.41, 5.74) is 4.26. The van der Waals surface area contributed by atoms with Crippen LogP contribution in [0.5, 0.6) is 0 Å². The highest BCUT2D eigenvalue weighted by molar-refractivity contribution is 7.92. The summed E-state index contributed by atoms with van der Waals surface area (Å²) in [6.07, 6.45) is 0. The summed E-state index contributed by atoms with van der Waals surface area (Å²) in [4.78, 5) is 11.6. The van der Waals surface area contributed by atoms with E-state index in [-0.39, 0.29) is 17.4 Å². The minimum atomic E-state index is -3.70. The number of rotatable bonds is 3. The molecule has 8 heteroatoms. The van der Waals surface area contributed by atoms with Crippen molar-refractivity contribution < 1.29 is 13.2 Å². The number of nitrogens with zero attached hydrogens (tertiary/aromatic N) is 1. The van der Waals surface area contributed by atoms with Gasteiger partial charge in [0, 0.05) is 13.1 Å². The molecule has 1 unspecified atom stereocenters. The molecular formula is C9H17N3O3S2. The molecule has 0 aliphatic carbocycles. The van der Waals surface area contributed by atoms with Crippen molar-refractivity contribution in [3.05, 3.63) is 0 Å². The second-order valence-electron chi connectivity index (χ2n) is 4.48.